The first kappa shape index (κ1) is 21.4. The maximum Gasteiger partial charge on any atom is 0.310 e. The second kappa shape index (κ2) is 8.22. The zero-order chi connectivity index (χ0) is 20.6. The average molecular weight is 413 g/mol. The maximum atomic E-state index is 13.4. The number of ether oxygens (including phenoxy) is 1. The van der Waals surface area contributed by atoms with Gasteiger partial charge in [-0.2, -0.15) is 0 Å². The SMILES string of the molecule is CCCC(C)NC(=O)C1N([C@H](C)CO)C(=O)[C@@H]2[C@H](C(=O)OCC)[C@@H]3CCC12S3. The Morgan fingerprint density at radius 2 is 2.11 bits per heavy atom. The summed E-state index contributed by atoms with van der Waals surface area (Å²) in [7, 11) is 0. The fourth-order valence-corrected chi connectivity index (χ4v) is 7.48. The van der Waals surface area contributed by atoms with Crippen molar-refractivity contribution in [3.8, 4) is 0 Å². The number of nitrogens with zero attached hydrogens (tertiary/aromatic N) is 1. The molecule has 0 aromatic carbocycles. The van der Waals surface area contributed by atoms with Gasteiger partial charge in [-0.1, -0.05) is 13.3 Å². The van der Waals surface area contributed by atoms with Crippen LogP contribution in [0.25, 0.3) is 0 Å². The summed E-state index contributed by atoms with van der Waals surface area (Å²) < 4.78 is 4.66. The summed E-state index contributed by atoms with van der Waals surface area (Å²) >= 11 is 1.62. The number of carbonyl (C=O) groups is 3. The van der Waals surface area contributed by atoms with Gasteiger partial charge in [-0.3, -0.25) is 14.4 Å². The van der Waals surface area contributed by atoms with Gasteiger partial charge in [0.2, 0.25) is 11.8 Å². The molecule has 0 saturated carbocycles. The molecule has 0 aromatic rings. The number of aliphatic hydroxyl groups is 1. The minimum absolute atomic E-state index is 0.0128. The van der Waals surface area contributed by atoms with Gasteiger partial charge >= 0.3 is 5.97 Å². The third-order valence-electron chi connectivity index (χ3n) is 6.39. The number of amides is 2. The monoisotopic (exact) mass is 412 g/mol. The summed E-state index contributed by atoms with van der Waals surface area (Å²) in [5.74, 6) is -1.77. The molecule has 3 unspecified atom stereocenters. The van der Waals surface area contributed by atoms with E-state index in [1.54, 1.807) is 30.5 Å². The molecule has 3 saturated heterocycles. The first-order valence-corrected chi connectivity index (χ1v) is 11.3. The summed E-state index contributed by atoms with van der Waals surface area (Å²) in [5, 5.41) is 12.8. The number of hydrogen-bond donors (Lipinski definition) is 2. The van der Waals surface area contributed by atoms with Crippen LogP contribution >= 0.6 is 11.8 Å². The molecule has 158 valence electrons. The molecular formula is C20H32N2O5S. The number of aliphatic hydroxyl groups excluding tert-OH is 1. The highest BCUT2D eigenvalue weighted by atomic mass is 32.2. The quantitative estimate of drug-likeness (QED) is 0.584. The van der Waals surface area contributed by atoms with Gasteiger partial charge < -0.3 is 20.1 Å². The predicted molar refractivity (Wildman–Crippen MR) is 107 cm³/mol. The lowest BCUT2D eigenvalue weighted by Gasteiger charge is -2.36. The lowest BCUT2D eigenvalue weighted by molar-refractivity contribution is -0.154. The Kier molecular flexibility index (Phi) is 6.29. The number of likely N-dealkylation sites (tertiary alicyclic amines) is 1. The van der Waals surface area contributed by atoms with Gasteiger partial charge in [-0.25, -0.2) is 0 Å². The van der Waals surface area contributed by atoms with Crippen LogP contribution in [0.1, 0.15) is 53.4 Å². The molecule has 7 atom stereocenters. The van der Waals surface area contributed by atoms with Crippen molar-refractivity contribution < 1.29 is 24.2 Å². The Morgan fingerprint density at radius 3 is 2.71 bits per heavy atom. The molecule has 3 rings (SSSR count). The van der Waals surface area contributed by atoms with Crippen molar-refractivity contribution >= 4 is 29.5 Å². The fourth-order valence-electron chi connectivity index (χ4n) is 5.29. The first-order valence-electron chi connectivity index (χ1n) is 10.4. The molecular weight excluding hydrogens is 380 g/mol. The summed E-state index contributed by atoms with van der Waals surface area (Å²) in [4.78, 5) is 40.9. The number of nitrogens with one attached hydrogen (secondary N) is 1. The molecule has 2 bridgehead atoms. The normalized spacial score (nSPS) is 35.6. The van der Waals surface area contributed by atoms with E-state index in [9.17, 15) is 19.5 Å². The standard InChI is InChI=1S/C20H32N2O5S/c1-5-7-11(3)21-17(24)16-20-9-8-13(28-20)14(19(26)27-6-2)15(20)18(25)22(16)12(4)10-23/h11-16,23H,5-10H2,1-4H3,(H,21,24)/t11?,12-,13+,14-,15+,16?,20?/m1/s1. The van der Waals surface area contributed by atoms with Crippen LogP contribution in [0.5, 0.6) is 0 Å². The van der Waals surface area contributed by atoms with Crippen LogP contribution in [0.15, 0.2) is 0 Å². The highest BCUT2D eigenvalue weighted by Gasteiger charge is 2.74. The molecule has 0 radical (unpaired) electrons. The zero-order valence-corrected chi connectivity index (χ0v) is 18.0. The smallest absolute Gasteiger partial charge is 0.310 e. The zero-order valence-electron chi connectivity index (χ0n) is 17.1. The molecule has 0 aliphatic carbocycles. The van der Waals surface area contributed by atoms with Crippen molar-refractivity contribution in [2.24, 2.45) is 11.8 Å². The Balaban J connectivity index is 1.96. The van der Waals surface area contributed by atoms with E-state index >= 15 is 0 Å². The van der Waals surface area contributed by atoms with Crippen molar-refractivity contribution in [3.63, 3.8) is 0 Å². The van der Waals surface area contributed by atoms with E-state index in [0.717, 1.165) is 25.7 Å². The first-order chi connectivity index (χ1) is 13.3. The third-order valence-corrected chi connectivity index (χ3v) is 8.35. The predicted octanol–water partition coefficient (Wildman–Crippen LogP) is 1.33. The van der Waals surface area contributed by atoms with E-state index in [2.05, 4.69) is 12.2 Å². The van der Waals surface area contributed by atoms with Crippen molar-refractivity contribution in [2.45, 2.75) is 81.5 Å². The topological polar surface area (TPSA) is 95.9 Å². The van der Waals surface area contributed by atoms with Crippen LogP contribution in [0.4, 0.5) is 0 Å². The second-order valence-electron chi connectivity index (χ2n) is 8.28. The van der Waals surface area contributed by atoms with Crippen LogP contribution < -0.4 is 5.32 Å². The number of fused-ring (bicyclic) bond motifs is 1. The molecule has 0 aromatic heterocycles. The molecule has 1 spiro atoms. The number of esters is 1. The van der Waals surface area contributed by atoms with Gasteiger partial charge in [0.1, 0.15) is 6.04 Å². The Hall–Kier alpha value is -1.28. The molecule has 8 heteroatoms. The van der Waals surface area contributed by atoms with E-state index in [-0.39, 0.29) is 42.3 Å². The Morgan fingerprint density at radius 1 is 1.39 bits per heavy atom. The van der Waals surface area contributed by atoms with Gasteiger partial charge in [0, 0.05) is 11.3 Å². The van der Waals surface area contributed by atoms with Gasteiger partial charge in [-0.05, 0) is 40.0 Å². The average Bonchev–Trinajstić information content (AvgIpc) is 3.28. The minimum atomic E-state index is -0.666. The Bertz CT molecular complexity index is 644. The van der Waals surface area contributed by atoms with Crippen molar-refractivity contribution in [3.05, 3.63) is 0 Å². The van der Waals surface area contributed by atoms with Crippen LogP contribution in [0.2, 0.25) is 0 Å². The molecule has 3 fully saturated rings. The summed E-state index contributed by atoms with van der Waals surface area (Å²) in [6.07, 6.45) is 3.34. The van der Waals surface area contributed by atoms with Crippen molar-refractivity contribution in [1.29, 1.82) is 0 Å². The summed E-state index contributed by atoms with van der Waals surface area (Å²) in [6.45, 7) is 7.59. The van der Waals surface area contributed by atoms with E-state index in [4.69, 9.17) is 4.74 Å². The number of thioether (sulfide) groups is 1. The van der Waals surface area contributed by atoms with Crippen LogP contribution in [-0.2, 0) is 19.1 Å². The highest BCUT2D eigenvalue weighted by Crippen LogP contribution is 2.66. The van der Waals surface area contributed by atoms with E-state index in [0.29, 0.717) is 0 Å². The van der Waals surface area contributed by atoms with Gasteiger partial charge in [0.25, 0.3) is 0 Å². The van der Waals surface area contributed by atoms with Crippen molar-refractivity contribution in [1.82, 2.24) is 10.2 Å². The van der Waals surface area contributed by atoms with Gasteiger partial charge in [0.05, 0.1) is 35.8 Å². The van der Waals surface area contributed by atoms with Gasteiger partial charge in [-0.15, -0.1) is 11.8 Å². The Labute approximate surface area is 170 Å². The van der Waals surface area contributed by atoms with E-state index < -0.39 is 28.7 Å². The molecule has 3 heterocycles. The third kappa shape index (κ3) is 3.22. The molecule has 3 aliphatic heterocycles. The molecule has 7 nitrogen and oxygen atoms in total. The summed E-state index contributed by atoms with van der Waals surface area (Å²) in [6, 6.07) is -1.13. The van der Waals surface area contributed by atoms with E-state index in [1.165, 1.54) is 0 Å². The number of hydrogen-bond acceptors (Lipinski definition) is 6. The van der Waals surface area contributed by atoms with E-state index in [1.807, 2.05) is 6.92 Å². The number of rotatable bonds is 8. The number of carbonyl (C=O) groups excluding carboxylic acids is 3. The lowest BCUT2D eigenvalue weighted by atomic mass is 9.71. The maximum absolute atomic E-state index is 13.4. The fraction of sp³-hybridized carbons (Fsp3) is 0.850. The molecule has 2 amide bonds. The minimum Gasteiger partial charge on any atom is -0.466 e. The molecule has 3 aliphatic rings. The summed E-state index contributed by atoms with van der Waals surface area (Å²) in [5.41, 5.74) is 0. The van der Waals surface area contributed by atoms with Crippen LogP contribution in [0.3, 0.4) is 0 Å². The largest absolute Gasteiger partial charge is 0.466 e. The molecule has 2 N–H and O–H groups in total. The molecule has 28 heavy (non-hydrogen) atoms. The van der Waals surface area contributed by atoms with Crippen LogP contribution in [-0.4, -0.2) is 69.1 Å². The second-order valence-corrected chi connectivity index (χ2v) is 9.88. The lowest BCUT2D eigenvalue weighted by Crippen LogP contribution is -2.57. The van der Waals surface area contributed by atoms with Gasteiger partial charge in [0.15, 0.2) is 0 Å². The van der Waals surface area contributed by atoms with Crippen molar-refractivity contribution in [2.75, 3.05) is 13.2 Å². The van der Waals surface area contributed by atoms with Crippen LogP contribution in [0, 0.1) is 11.8 Å². The highest BCUT2D eigenvalue weighted by molar-refractivity contribution is 8.02.